The SMILES string of the molecule is c1ccc(OCC2CCCO2)c(CNC2CCCCC2)c1. The van der Waals surface area contributed by atoms with Crippen molar-refractivity contribution in [1.29, 1.82) is 0 Å². The molecule has 1 aromatic carbocycles. The van der Waals surface area contributed by atoms with Gasteiger partial charge in [0.2, 0.25) is 0 Å². The Labute approximate surface area is 128 Å². The summed E-state index contributed by atoms with van der Waals surface area (Å²) in [5, 5.41) is 3.69. The lowest BCUT2D eigenvalue weighted by Crippen LogP contribution is -2.30. The van der Waals surface area contributed by atoms with Crippen LogP contribution in [0.2, 0.25) is 0 Å². The van der Waals surface area contributed by atoms with E-state index in [0.717, 1.165) is 25.3 Å². The van der Waals surface area contributed by atoms with Crippen molar-refractivity contribution < 1.29 is 9.47 Å². The maximum Gasteiger partial charge on any atom is 0.123 e. The molecule has 1 unspecified atom stereocenters. The van der Waals surface area contributed by atoms with Gasteiger partial charge in [-0.05, 0) is 31.7 Å². The molecule has 3 heteroatoms. The van der Waals surface area contributed by atoms with E-state index in [4.69, 9.17) is 9.47 Å². The molecule has 1 atom stereocenters. The van der Waals surface area contributed by atoms with Gasteiger partial charge < -0.3 is 14.8 Å². The predicted molar refractivity (Wildman–Crippen MR) is 84.6 cm³/mol. The second-order valence-corrected chi connectivity index (χ2v) is 6.27. The first-order valence-electron chi connectivity index (χ1n) is 8.47. The summed E-state index contributed by atoms with van der Waals surface area (Å²) in [7, 11) is 0. The average molecular weight is 289 g/mol. The van der Waals surface area contributed by atoms with Crippen LogP contribution in [0, 0.1) is 0 Å². The van der Waals surface area contributed by atoms with Crippen LogP contribution in [0.5, 0.6) is 5.75 Å². The van der Waals surface area contributed by atoms with Crippen LogP contribution in [0.3, 0.4) is 0 Å². The summed E-state index contributed by atoms with van der Waals surface area (Å²) in [6, 6.07) is 9.07. The highest BCUT2D eigenvalue weighted by Gasteiger charge is 2.17. The zero-order valence-electron chi connectivity index (χ0n) is 12.9. The highest BCUT2D eigenvalue weighted by molar-refractivity contribution is 5.33. The quantitative estimate of drug-likeness (QED) is 0.867. The van der Waals surface area contributed by atoms with E-state index in [1.807, 2.05) is 0 Å². The lowest BCUT2D eigenvalue weighted by atomic mass is 9.95. The summed E-state index contributed by atoms with van der Waals surface area (Å²) >= 11 is 0. The molecule has 21 heavy (non-hydrogen) atoms. The van der Waals surface area contributed by atoms with Crippen molar-refractivity contribution in [2.75, 3.05) is 13.2 Å². The number of hydrogen-bond donors (Lipinski definition) is 1. The van der Waals surface area contributed by atoms with Gasteiger partial charge in [0, 0.05) is 24.8 Å². The highest BCUT2D eigenvalue weighted by Crippen LogP contribution is 2.22. The summed E-state index contributed by atoms with van der Waals surface area (Å²) < 4.78 is 11.6. The van der Waals surface area contributed by atoms with Gasteiger partial charge in [0.15, 0.2) is 0 Å². The van der Waals surface area contributed by atoms with Crippen molar-refractivity contribution in [2.24, 2.45) is 0 Å². The first-order chi connectivity index (χ1) is 10.4. The van der Waals surface area contributed by atoms with E-state index >= 15 is 0 Å². The van der Waals surface area contributed by atoms with E-state index in [1.165, 1.54) is 44.1 Å². The molecule has 116 valence electrons. The van der Waals surface area contributed by atoms with E-state index in [9.17, 15) is 0 Å². The number of nitrogens with one attached hydrogen (secondary N) is 1. The lowest BCUT2D eigenvalue weighted by Gasteiger charge is -2.23. The Balaban J connectivity index is 1.51. The predicted octanol–water partition coefficient (Wildman–Crippen LogP) is 3.67. The van der Waals surface area contributed by atoms with Crippen molar-refractivity contribution in [1.82, 2.24) is 5.32 Å². The molecule has 1 saturated carbocycles. The Hall–Kier alpha value is -1.06. The maximum atomic E-state index is 6.00. The molecule has 1 N–H and O–H groups in total. The third kappa shape index (κ3) is 4.45. The van der Waals surface area contributed by atoms with Crippen molar-refractivity contribution in [2.45, 2.75) is 63.6 Å². The lowest BCUT2D eigenvalue weighted by molar-refractivity contribution is 0.0675. The number of rotatable bonds is 6. The van der Waals surface area contributed by atoms with Crippen LogP contribution < -0.4 is 10.1 Å². The van der Waals surface area contributed by atoms with Crippen molar-refractivity contribution in [3.63, 3.8) is 0 Å². The first kappa shape index (κ1) is 14.9. The monoisotopic (exact) mass is 289 g/mol. The van der Waals surface area contributed by atoms with E-state index < -0.39 is 0 Å². The molecule has 1 saturated heterocycles. The Morgan fingerprint density at radius 2 is 1.90 bits per heavy atom. The van der Waals surface area contributed by atoms with Crippen molar-refractivity contribution in [3.8, 4) is 5.75 Å². The van der Waals surface area contributed by atoms with Gasteiger partial charge >= 0.3 is 0 Å². The van der Waals surface area contributed by atoms with Gasteiger partial charge in [-0.2, -0.15) is 0 Å². The second-order valence-electron chi connectivity index (χ2n) is 6.27. The largest absolute Gasteiger partial charge is 0.491 e. The van der Waals surface area contributed by atoms with Gasteiger partial charge in [0.05, 0.1) is 6.10 Å². The molecule has 2 aliphatic rings. The fraction of sp³-hybridized carbons (Fsp3) is 0.667. The molecule has 1 aliphatic heterocycles. The minimum absolute atomic E-state index is 0.282. The van der Waals surface area contributed by atoms with Crippen LogP contribution in [0.1, 0.15) is 50.5 Å². The van der Waals surface area contributed by atoms with Gasteiger partial charge in [-0.15, -0.1) is 0 Å². The third-order valence-electron chi connectivity index (χ3n) is 4.61. The molecule has 2 fully saturated rings. The standard InChI is InChI=1S/C18H27NO2/c1-2-8-16(9-3-1)19-13-15-7-4-5-11-18(15)21-14-17-10-6-12-20-17/h4-5,7,11,16-17,19H,1-3,6,8-10,12-14H2. The Morgan fingerprint density at radius 1 is 1.05 bits per heavy atom. The van der Waals surface area contributed by atoms with Crippen LogP contribution in [0.15, 0.2) is 24.3 Å². The zero-order valence-corrected chi connectivity index (χ0v) is 12.9. The summed E-state index contributed by atoms with van der Waals surface area (Å²) in [6.07, 6.45) is 9.35. The van der Waals surface area contributed by atoms with Crippen LogP contribution in [-0.2, 0) is 11.3 Å². The molecule has 1 heterocycles. The first-order valence-corrected chi connectivity index (χ1v) is 8.47. The fourth-order valence-electron chi connectivity index (χ4n) is 3.31. The molecule has 0 bridgehead atoms. The van der Waals surface area contributed by atoms with E-state index in [-0.39, 0.29) is 6.10 Å². The fourth-order valence-corrected chi connectivity index (χ4v) is 3.31. The molecule has 3 nitrogen and oxygen atoms in total. The number of ether oxygens (including phenoxy) is 2. The minimum atomic E-state index is 0.282. The molecule has 1 aromatic rings. The maximum absolute atomic E-state index is 6.00. The summed E-state index contributed by atoms with van der Waals surface area (Å²) in [6.45, 7) is 2.48. The second kappa shape index (κ2) is 7.81. The molecule has 0 amide bonds. The molecule has 1 aliphatic carbocycles. The zero-order chi connectivity index (χ0) is 14.3. The Bertz CT molecular complexity index is 423. The van der Waals surface area contributed by atoms with E-state index in [2.05, 4.69) is 29.6 Å². The van der Waals surface area contributed by atoms with Gasteiger partial charge in [-0.1, -0.05) is 37.5 Å². The Morgan fingerprint density at radius 3 is 2.71 bits per heavy atom. The van der Waals surface area contributed by atoms with Gasteiger partial charge in [0.25, 0.3) is 0 Å². The molecular weight excluding hydrogens is 262 g/mol. The summed E-state index contributed by atoms with van der Waals surface area (Å²) in [5.74, 6) is 1.01. The third-order valence-corrected chi connectivity index (χ3v) is 4.61. The smallest absolute Gasteiger partial charge is 0.123 e. The molecule has 0 spiro atoms. The average Bonchev–Trinajstić information content (AvgIpc) is 3.06. The Kier molecular flexibility index (Phi) is 5.53. The topological polar surface area (TPSA) is 30.5 Å². The molecular formula is C18H27NO2. The van der Waals surface area contributed by atoms with Crippen LogP contribution in [0.4, 0.5) is 0 Å². The van der Waals surface area contributed by atoms with Gasteiger partial charge in [-0.3, -0.25) is 0 Å². The molecule has 3 rings (SSSR count). The number of para-hydroxylation sites is 1. The van der Waals surface area contributed by atoms with E-state index in [1.54, 1.807) is 0 Å². The van der Waals surface area contributed by atoms with Crippen LogP contribution in [0.25, 0.3) is 0 Å². The summed E-state index contributed by atoms with van der Waals surface area (Å²) in [5.41, 5.74) is 1.26. The van der Waals surface area contributed by atoms with Gasteiger partial charge in [-0.25, -0.2) is 0 Å². The normalized spacial score (nSPS) is 23.3. The number of hydrogen-bond acceptors (Lipinski definition) is 3. The summed E-state index contributed by atoms with van der Waals surface area (Å²) in [4.78, 5) is 0. The minimum Gasteiger partial charge on any atom is -0.491 e. The van der Waals surface area contributed by atoms with Crippen LogP contribution in [-0.4, -0.2) is 25.4 Å². The number of benzene rings is 1. The molecule has 0 aromatic heterocycles. The molecule has 0 radical (unpaired) electrons. The van der Waals surface area contributed by atoms with Gasteiger partial charge in [0.1, 0.15) is 12.4 Å². The van der Waals surface area contributed by atoms with Crippen molar-refractivity contribution >= 4 is 0 Å². The van der Waals surface area contributed by atoms with Crippen molar-refractivity contribution in [3.05, 3.63) is 29.8 Å². The highest BCUT2D eigenvalue weighted by atomic mass is 16.5. The van der Waals surface area contributed by atoms with E-state index in [0.29, 0.717) is 12.6 Å². The van der Waals surface area contributed by atoms with Crippen LogP contribution >= 0.6 is 0 Å².